The first-order chi connectivity index (χ1) is 6.26. The van der Waals surface area contributed by atoms with Crippen molar-refractivity contribution < 1.29 is 0 Å². The Labute approximate surface area is 79.9 Å². The first kappa shape index (κ1) is 10.4. The second-order valence-corrected chi connectivity index (χ2v) is 4.06. The zero-order valence-electron chi connectivity index (χ0n) is 8.34. The van der Waals surface area contributed by atoms with E-state index in [-0.39, 0.29) is 5.84 Å². The van der Waals surface area contributed by atoms with Crippen LogP contribution in [-0.2, 0) is 0 Å². The molecule has 0 unspecified atom stereocenters. The van der Waals surface area contributed by atoms with Crippen molar-refractivity contribution in [1.82, 2.24) is 0 Å². The fraction of sp³-hybridized carbons (Fsp3) is 0.900. The van der Waals surface area contributed by atoms with Gasteiger partial charge >= 0.3 is 0 Å². The van der Waals surface area contributed by atoms with Crippen LogP contribution in [0.25, 0.3) is 0 Å². The summed E-state index contributed by atoms with van der Waals surface area (Å²) >= 11 is 0. The number of nitrogens with zero attached hydrogens (tertiary/aromatic N) is 1. The van der Waals surface area contributed by atoms with Crippen LogP contribution in [0.4, 0.5) is 0 Å². The van der Waals surface area contributed by atoms with Crippen molar-refractivity contribution in [2.45, 2.75) is 45.4 Å². The van der Waals surface area contributed by atoms with E-state index in [9.17, 15) is 0 Å². The van der Waals surface area contributed by atoms with Gasteiger partial charge in [-0.05, 0) is 24.7 Å². The quantitative estimate of drug-likeness (QED) is 0.379. The van der Waals surface area contributed by atoms with Crippen LogP contribution in [0.15, 0.2) is 5.11 Å². The van der Waals surface area contributed by atoms with E-state index in [2.05, 4.69) is 12.0 Å². The van der Waals surface area contributed by atoms with Crippen LogP contribution in [0.3, 0.4) is 0 Å². The Kier molecular flexibility index (Phi) is 4.06. The number of rotatable bonds is 3. The Morgan fingerprint density at radius 2 is 1.77 bits per heavy atom. The van der Waals surface area contributed by atoms with Crippen LogP contribution in [0, 0.1) is 22.8 Å². The van der Waals surface area contributed by atoms with Crippen LogP contribution in [-0.4, -0.2) is 5.84 Å². The molecule has 1 rings (SSSR count). The smallest absolute Gasteiger partial charge is 0.142 e. The molecule has 13 heavy (non-hydrogen) atoms. The molecule has 1 saturated carbocycles. The monoisotopic (exact) mass is 181 g/mol. The first-order valence-electron chi connectivity index (χ1n) is 5.21. The van der Waals surface area contributed by atoms with Crippen molar-refractivity contribution in [2.24, 2.45) is 17.0 Å². The second-order valence-electron chi connectivity index (χ2n) is 4.06. The summed E-state index contributed by atoms with van der Waals surface area (Å²) in [4.78, 5) is 0. The molecule has 0 aromatic heterocycles. The van der Waals surface area contributed by atoms with Gasteiger partial charge in [0.1, 0.15) is 5.84 Å². The lowest BCUT2D eigenvalue weighted by molar-refractivity contribution is 0.274. The lowest BCUT2D eigenvalue weighted by Crippen LogP contribution is -2.15. The number of hydrogen-bond donors (Lipinski definition) is 2. The Morgan fingerprint density at radius 1 is 1.23 bits per heavy atom. The van der Waals surface area contributed by atoms with Gasteiger partial charge in [-0.25, -0.2) is 5.53 Å². The van der Waals surface area contributed by atoms with Crippen LogP contribution in [0.2, 0.25) is 0 Å². The maximum Gasteiger partial charge on any atom is 0.142 e. The summed E-state index contributed by atoms with van der Waals surface area (Å²) in [5.74, 6) is 1.79. The maximum atomic E-state index is 7.31. The highest BCUT2D eigenvalue weighted by atomic mass is 15.0. The average molecular weight is 181 g/mol. The SMILES string of the molecule is CCC1CCC(CC(=N)N=N)CC1. The number of hydrogen-bond acceptors (Lipinski definition) is 2. The van der Waals surface area contributed by atoms with Crippen molar-refractivity contribution in [1.29, 1.82) is 10.9 Å². The molecule has 0 saturated heterocycles. The normalized spacial score (nSPS) is 28.4. The van der Waals surface area contributed by atoms with Crippen LogP contribution in [0.5, 0.6) is 0 Å². The van der Waals surface area contributed by atoms with Crippen LogP contribution in [0.1, 0.15) is 45.4 Å². The maximum absolute atomic E-state index is 7.31. The molecule has 0 radical (unpaired) electrons. The van der Waals surface area contributed by atoms with Crippen molar-refractivity contribution in [2.75, 3.05) is 0 Å². The average Bonchev–Trinajstić information content (AvgIpc) is 2.19. The van der Waals surface area contributed by atoms with E-state index in [1.54, 1.807) is 0 Å². The van der Waals surface area contributed by atoms with Crippen molar-refractivity contribution in [3.63, 3.8) is 0 Å². The predicted octanol–water partition coefficient (Wildman–Crippen LogP) is 3.60. The second kappa shape index (κ2) is 5.10. The standard InChI is InChI=1S/C10H19N3/c1-2-8-3-5-9(6-4-8)7-10(11)13-12/h8-9,11-12H,2-7H2,1H3. The Bertz CT molecular complexity index is 181. The lowest BCUT2D eigenvalue weighted by Gasteiger charge is -2.27. The van der Waals surface area contributed by atoms with E-state index in [1.165, 1.54) is 32.1 Å². The lowest BCUT2D eigenvalue weighted by atomic mass is 9.79. The van der Waals surface area contributed by atoms with Gasteiger partial charge in [0, 0.05) is 6.42 Å². The Balaban J connectivity index is 2.24. The van der Waals surface area contributed by atoms with Gasteiger partial charge < -0.3 is 0 Å². The summed E-state index contributed by atoms with van der Waals surface area (Å²) < 4.78 is 0. The van der Waals surface area contributed by atoms with E-state index >= 15 is 0 Å². The molecule has 0 heterocycles. The molecule has 0 atom stereocenters. The van der Waals surface area contributed by atoms with E-state index in [0.717, 1.165) is 12.3 Å². The van der Waals surface area contributed by atoms with Crippen molar-refractivity contribution >= 4 is 5.84 Å². The highest BCUT2D eigenvalue weighted by molar-refractivity contribution is 5.79. The zero-order chi connectivity index (χ0) is 9.68. The van der Waals surface area contributed by atoms with Crippen LogP contribution < -0.4 is 0 Å². The van der Waals surface area contributed by atoms with Gasteiger partial charge in [0.15, 0.2) is 0 Å². The molecule has 2 N–H and O–H groups in total. The first-order valence-corrected chi connectivity index (χ1v) is 5.21. The Morgan fingerprint density at radius 3 is 2.23 bits per heavy atom. The largest absolute Gasteiger partial charge is 0.285 e. The third-order valence-electron chi connectivity index (χ3n) is 3.16. The summed E-state index contributed by atoms with van der Waals surface area (Å²) in [6.45, 7) is 2.26. The number of amidine groups is 1. The highest BCUT2D eigenvalue weighted by Gasteiger charge is 2.20. The predicted molar refractivity (Wildman–Crippen MR) is 53.2 cm³/mol. The molecule has 1 aliphatic rings. The summed E-state index contributed by atoms with van der Waals surface area (Å²) in [5, 5.41) is 10.5. The fourth-order valence-electron chi connectivity index (χ4n) is 2.16. The Hall–Kier alpha value is -0.730. The van der Waals surface area contributed by atoms with Gasteiger partial charge in [0.2, 0.25) is 0 Å². The summed E-state index contributed by atoms with van der Waals surface area (Å²) in [5.41, 5.74) is 6.70. The van der Waals surface area contributed by atoms with E-state index in [0.29, 0.717) is 5.92 Å². The van der Waals surface area contributed by atoms with Gasteiger partial charge in [0.05, 0.1) is 0 Å². The summed E-state index contributed by atoms with van der Waals surface area (Å²) in [6.07, 6.45) is 7.11. The molecule has 0 bridgehead atoms. The molecule has 0 aromatic carbocycles. The highest BCUT2D eigenvalue weighted by Crippen LogP contribution is 2.32. The molecule has 0 spiro atoms. The van der Waals surface area contributed by atoms with Crippen LogP contribution >= 0.6 is 0 Å². The minimum atomic E-state index is 0.250. The van der Waals surface area contributed by atoms with Gasteiger partial charge in [-0.2, -0.15) is 0 Å². The fourth-order valence-corrected chi connectivity index (χ4v) is 2.16. The minimum absolute atomic E-state index is 0.250. The molecular formula is C10H19N3. The summed E-state index contributed by atoms with van der Waals surface area (Å²) in [6, 6.07) is 0. The van der Waals surface area contributed by atoms with Crippen molar-refractivity contribution in [3.8, 4) is 0 Å². The van der Waals surface area contributed by atoms with Gasteiger partial charge in [-0.15, -0.1) is 5.11 Å². The minimum Gasteiger partial charge on any atom is -0.285 e. The van der Waals surface area contributed by atoms with Crippen molar-refractivity contribution in [3.05, 3.63) is 0 Å². The van der Waals surface area contributed by atoms with Gasteiger partial charge in [0.25, 0.3) is 0 Å². The molecule has 74 valence electrons. The molecule has 0 amide bonds. The summed E-state index contributed by atoms with van der Waals surface area (Å²) in [7, 11) is 0. The molecule has 3 heteroatoms. The van der Waals surface area contributed by atoms with Gasteiger partial charge in [-0.3, -0.25) is 5.41 Å². The molecule has 0 aromatic rings. The molecule has 1 aliphatic carbocycles. The van der Waals surface area contributed by atoms with E-state index in [4.69, 9.17) is 10.9 Å². The third-order valence-corrected chi connectivity index (χ3v) is 3.16. The van der Waals surface area contributed by atoms with E-state index < -0.39 is 0 Å². The molecule has 3 nitrogen and oxygen atoms in total. The zero-order valence-corrected chi connectivity index (χ0v) is 8.34. The third kappa shape index (κ3) is 3.25. The molecule has 0 aliphatic heterocycles. The van der Waals surface area contributed by atoms with E-state index in [1.807, 2.05) is 0 Å². The number of nitrogens with one attached hydrogen (secondary N) is 2. The topological polar surface area (TPSA) is 60.1 Å². The molecular weight excluding hydrogens is 162 g/mol. The molecule has 1 fully saturated rings. The van der Waals surface area contributed by atoms with Gasteiger partial charge in [-0.1, -0.05) is 26.2 Å².